The average molecular weight is 295 g/mol. The molecule has 0 atom stereocenters. The molecule has 0 fully saturated rings. The molecule has 2 aromatic rings. The van der Waals surface area contributed by atoms with Gasteiger partial charge in [-0.15, -0.1) is 0 Å². The van der Waals surface area contributed by atoms with Gasteiger partial charge in [0.15, 0.2) is 0 Å². The van der Waals surface area contributed by atoms with E-state index in [9.17, 15) is 8.78 Å². The minimum absolute atomic E-state index is 0.527. The smallest absolute Gasteiger partial charge is 0.202 e. The van der Waals surface area contributed by atoms with Crippen molar-refractivity contribution < 1.29 is 13.5 Å². The summed E-state index contributed by atoms with van der Waals surface area (Å²) in [4.78, 5) is 4.22. The van der Waals surface area contributed by atoms with Crippen LogP contribution < -0.4 is 5.32 Å². The van der Waals surface area contributed by atoms with Gasteiger partial charge in [0.05, 0.1) is 0 Å². The van der Waals surface area contributed by atoms with Gasteiger partial charge in [0.2, 0.25) is 5.95 Å². The lowest BCUT2D eigenvalue weighted by molar-refractivity contribution is 0.190. The van der Waals surface area contributed by atoms with Crippen molar-refractivity contribution in [3.63, 3.8) is 0 Å². The second-order valence-corrected chi connectivity index (χ2v) is 4.75. The molecule has 6 heteroatoms. The Bertz CT molecular complexity index is 552. The maximum atomic E-state index is 13.1. The molecular weight excluding hydrogens is 276 g/mol. The SMILES string of the molecule is COCCCn1ccnc1NCCc1cc(F)cc(F)c1. The second-order valence-electron chi connectivity index (χ2n) is 4.75. The molecule has 0 aliphatic rings. The van der Waals surface area contributed by atoms with Crippen LogP contribution in [0.1, 0.15) is 12.0 Å². The molecule has 0 spiro atoms. The van der Waals surface area contributed by atoms with Crippen molar-refractivity contribution in [3.05, 3.63) is 47.8 Å². The van der Waals surface area contributed by atoms with Gasteiger partial charge in [-0.3, -0.25) is 0 Å². The number of nitrogens with zero attached hydrogens (tertiary/aromatic N) is 2. The molecule has 0 aliphatic carbocycles. The number of benzene rings is 1. The number of halogens is 2. The molecule has 1 aromatic heterocycles. The molecule has 1 aromatic carbocycles. The standard InChI is InChI=1S/C15H19F2N3O/c1-21-8-2-6-20-7-5-19-15(20)18-4-3-12-9-13(16)11-14(17)10-12/h5,7,9-11H,2-4,6,8H2,1H3,(H,18,19). The summed E-state index contributed by atoms with van der Waals surface area (Å²) in [5, 5.41) is 3.17. The summed E-state index contributed by atoms with van der Waals surface area (Å²) in [6.07, 6.45) is 5.03. The fourth-order valence-electron chi connectivity index (χ4n) is 2.11. The third-order valence-corrected chi connectivity index (χ3v) is 3.08. The van der Waals surface area contributed by atoms with Crippen LogP contribution in [0.2, 0.25) is 0 Å². The van der Waals surface area contributed by atoms with E-state index in [0.29, 0.717) is 25.1 Å². The van der Waals surface area contributed by atoms with Crippen LogP contribution in [0.25, 0.3) is 0 Å². The van der Waals surface area contributed by atoms with E-state index in [0.717, 1.165) is 25.0 Å². The number of methoxy groups -OCH3 is 1. The minimum atomic E-state index is -0.550. The van der Waals surface area contributed by atoms with Crippen molar-refractivity contribution in [2.45, 2.75) is 19.4 Å². The molecule has 0 saturated carbocycles. The molecule has 0 radical (unpaired) electrons. The van der Waals surface area contributed by atoms with Gasteiger partial charge in [0.1, 0.15) is 11.6 Å². The second kappa shape index (κ2) is 7.73. The van der Waals surface area contributed by atoms with Gasteiger partial charge in [-0.1, -0.05) is 0 Å². The van der Waals surface area contributed by atoms with Gasteiger partial charge in [-0.25, -0.2) is 13.8 Å². The lowest BCUT2D eigenvalue weighted by Gasteiger charge is -2.09. The summed E-state index contributed by atoms with van der Waals surface area (Å²) in [6.45, 7) is 2.06. The molecule has 21 heavy (non-hydrogen) atoms. The average Bonchev–Trinajstić information content (AvgIpc) is 2.86. The Morgan fingerprint density at radius 2 is 2.00 bits per heavy atom. The predicted octanol–water partition coefficient (Wildman–Crippen LogP) is 2.85. The van der Waals surface area contributed by atoms with Crippen LogP contribution in [0, 0.1) is 11.6 Å². The summed E-state index contributed by atoms with van der Waals surface area (Å²) in [6, 6.07) is 3.56. The highest BCUT2D eigenvalue weighted by atomic mass is 19.1. The molecule has 0 amide bonds. The summed E-state index contributed by atoms with van der Waals surface area (Å²) in [5.41, 5.74) is 0.623. The molecule has 1 N–H and O–H groups in total. The summed E-state index contributed by atoms with van der Waals surface area (Å²) in [5.74, 6) is -0.347. The van der Waals surface area contributed by atoms with E-state index in [1.54, 1.807) is 13.3 Å². The number of rotatable bonds is 8. The quantitative estimate of drug-likeness (QED) is 0.761. The van der Waals surface area contributed by atoms with E-state index in [1.165, 1.54) is 12.1 Å². The van der Waals surface area contributed by atoms with Crippen molar-refractivity contribution in [2.24, 2.45) is 0 Å². The van der Waals surface area contributed by atoms with Crippen LogP contribution >= 0.6 is 0 Å². The number of imidazole rings is 1. The van der Waals surface area contributed by atoms with Crippen molar-refractivity contribution in [1.29, 1.82) is 0 Å². The molecule has 4 nitrogen and oxygen atoms in total. The molecule has 114 valence electrons. The minimum Gasteiger partial charge on any atom is -0.385 e. The first-order chi connectivity index (χ1) is 10.2. The number of ether oxygens (including phenoxy) is 1. The largest absolute Gasteiger partial charge is 0.385 e. The van der Waals surface area contributed by atoms with E-state index in [-0.39, 0.29) is 0 Å². The fourth-order valence-corrected chi connectivity index (χ4v) is 2.11. The topological polar surface area (TPSA) is 39.1 Å². The Kier molecular flexibility index (Phi) is 5.68. The number of hydrogen-bond donors (Lipinski definition) is 1. The molecule has 0 bridgehead atoms. The zero-order valence-electron chi connectivity index (χ0n) is 12.0. The number of nitrogens with one attached hydrogen (secondary N) is 1. The first-order valence-corrected chi connectivity index (χ1v) is 6.88. The first kappa shape index (κ1) is 15.4. The monoisotopic (exact) mass is 295 g/mol. The Morgan fingerprint density at radius 3 is 2.71 bits per heavy atom. The van der Waals surface area contributed by atoms with Crippen molar-refractivity contribution in [1.82, 2.24) is 9.55 Å². The summed E-state index contributed by atoms with van der Waals surface area (Å²) < 4.78 is 33.2. The van der Waals surface area contributed by atoms with Crippen LogP contribution in [0.15, 0.2) is 30.6 Å². The highest BCUT2D eigenvalue weighted by Gasteiger charge is 2.04. The molecule has 0 unspecified atom stereocenters. The van der Waals surface area contributed by atoms with Gasteiger partial charge in [0, 0.05) is 45.3 Å². The molecule has 1 heterocycles. The highest BCUT2D eigenvalue weighted by Crippen LogP contribution is 2.10. The van der Waals surface area contributed by atoms with Crippen LogP contribution in [0.5, 0.6) is 0 Å². The van der Waals surface area contributed by atoms with E-state index in [4.69, 9.17) is 4.74 Å². The van der Waals surface area contributed by atoms with Crippen molar-refractivity contribution in [2.75, 3.05) is 25.6 Å². The Hall–Kier alpha value is -1.95. The van der Waals surface area contributed by atoms with E-state index >= 15 is 0 Å². The fraction of sp³-hybridized carbons (Fsp3) is 0.400. The third kappa shape index (κ3) is 4.82. The van der Waals surface area contributed by atoms with E-state index in [2.05, 4.69) is 10.3 Å². The van der Waals surface area contributed by atoms with Crippen LogP contribution in [0.3, 0.4) is 0 Å². The van der Waals surface area contributed by atoms with Gasteiger partial charge in [0.25, 0.3) is 0 Å². The summed E-state index contributed by atoms with van der Waals surface area (Å²) >= 11 is 0. The zero-order valence-corrected chi connectivity index (χ0v) is 12.0. The number of aryl methyl sites for hydroxylation is 1. The molecule has 2 rings (SSSR count). The maximum absolute atomic E-state index is 13.1. The Morgan fingerprint density at radius 1 is 1.24 bits per heavy atom. The lowest BCUT2D eigenvalue weighted by atomic mass is 10.1. The Balaban J connectivity index is 1.84. The molecular formula is C15H19F2N3O. The van der Waals surface area contributed by atoms with Crippen LogP contribution in [-0.4, -0.2) is 29.8 Å². The first-order valence-electron chi connectivity index (χ1n) is 6.88. The van der Waals surface area contributed by atoms with E-state index in [1.807, 2.05) is 10.8 Å². The van der Waals surface area contributed by atoms with Gasteiger partial charge >= 0.3 is 0 Å². The van der Waals surface area contributed by atoms with Crippen molar-refractivity contribution in [3.8, 4) is 0 Å². The Labute approximate surface area is 122 Å². The zero-order chi connectivity index (χ0) is 15.1. The normalized spacial score (nSPS) is 10.8. The summed E-state index contributed by atoms with van der Waals surface area (Å²) in [7, 11) is 1.67. The maximum Gasteiger partial charge on any atom is 0.202 e. The number of anilines is 1. The van der Waals surface area contributed by atoms with Crippen molar-refractivity contribution >= 4 is 5.95 Å². The third-order valence-electron chi connectivity index (χ3n) is 3.08. The highest BCUT2D eigenvalue weighted by molar-refractivity contribution is 5.27. The number of aromatic nitrogens is 2. The van der Waals surface area contributed by atoms with Gasteiger partial charge in [-0.05, 0) is 30.5 Å². The van der Waals surface area contributed by atoms with Crippen LogP contribution in [0.4, 0.5) is 14.7 Å². The molecule has 0 saturated heterocycles. The van der Waals surface area contributed by atoms with E-state index < -0.39 is 11.6 Å². The van der Waals surface area contributed by atoms with Gasteiger partial charge in [-0.2, -0.15) is 0 Å². The molecule has 0 aliphatic heterocycles. The predicted molar refractivity (Wildman–Crippen MR) is 77.3 cm³/mol. The number of hydrogen-bond acceptors (Lipinski definition) is 3. The van der Waals surface area contributed by atoms with Crippen LogP contribution in [-0.2, 0) is 17.7 Å². The lowest BCUT2D eigenvalue weighted by Crippen LogP contribution is -2.11. The van der Waals surface area contributed by atoms with Gasteiger partial charge < -0.3 is 14.6 Å².